The van der Waals surface area contributed by atoms with Gasteiger partial charge in [0.2, 0.25) is 0 Å². The van der Waals surface area contributed by atoms with Crippen molar-refractivity contribution in [1.29, 1.82) is 0 Å². The monoisotopic (exact) mass is 275 g/mol. The van der Waals surface area contributed by atoms with Crippen LogP contribution in [0.25, 0.3) is 0 Å². The lowest BCUT2D eigenvalue weighted by atomic mass is 10.1. The molecule has 0 saturated carbocycles. The zero-order valence-electron chi connectivity index (χ0n) is 11.9. The third-order valence-corrected chi connectivity index (χ3v) is 2.96. The Morgan fingerprint density at radius 3 is 2.05 bits per heavy atom. The number of anilines is 1. The summed E-state index contributed by atoms with van der Waals surface area (Å²) in [5.41, 5.74) is 2.73. The zero-order valence-corrected chi connectivity index (χ0v) is 11.9. The van der Waals surface area contributed by atoms with E-state index in [0.29, 0.717) is 0 Å². The first-order valence-corrected chi connectivity index (χ1v) is 6.30. The summed E-state index contributed by atoms with van der Waals surface area (Å²) in [4.78, 5) is 23.6. The average Bonchev–Trinajstić information content (AvgIpc) is 2.29. The van der Waals surface area contributed by atoms with Crippen molar-refractivity contribution in [3.8, 4) is 0 Å². The van der Waals surface area contributed by atoms with Gasteiger partial charge in [-0.3, -0.25) is 0 Å². The third-order valence-electron chi connectivity index (χ3n) is 2.96. The van der Waals surface area contributed by atoms with E-state index < -0.39 is 17.7 Å². The molecule has 0 unspecified atom stereocenters. The Kier molecular flexibility index (Phi) is 3.53. The maximum atomic E-state index is 11.8. The van der Waals surface area contributed by atoms with Crippen molar-refractivity contribution in [3.05, 3.63) is 41.1 Å². The molecule has 1 aromatic rings. The Balaban J connectivity index is 2.24. The normalized spacial score (nSPS) is 17.3. The topological polar surface area (TPSA) is 64.6 Å². The first kappa shape index (κ1) is 14.1. The Labute approximate surface area is 117 Å². The number of esters is 2. The summed E-state index contributed by atoms with van der Waals surface area (Å²) >= 11 is 0. The van der Waals surface area contributed by atoms with E-state index in [4.69, 9.17) is 9.47 Å². The predicted octanol–water partition coefficient (Wildman–Crippen LogP) is 2.44. The number of hydrogen-bond acceptors (Lipinski definition) is 5. The first-order chi connectivity index (χ1) is 9.30. The summed E-state index contributed by atoms with van der Waals surface area (Å²) < 4.78 is 10.0. The van der Waals surface area contributed by atoms with Gasteiger partial charge < -0.3 is 14.8 Å². The number of carbonyl (C=O) groups is 2. The van der Waals surface area contributed by atoms with Crippen molar-refractivity contribution in [2.75, 3.05) is 5.32 Å². The van der Waals surface area contributed by atoms with Crippen molar-refractivity contribution in [3.63, 3.8) is 0 Å². The molecule has 1 fully saturated rings. The minimum atomic E-state index is -1.22. The van der Waals surface area contributed by atoms with E-state index in [1.807, 2.05) is 32.0 Å². The van der Waals surface area contributed by atoms with Gasteiger partial charge in [-0.05, 0) is 25.0 Å². The van der Waals surface area contributed by atoms with Crippen LogP contribution in [0.15, 0.2) is 30.0 Å². The minimum Gasteiger partial charge on any atom is -0.419 e. The highest BCUT2D eigenvalue weighted by Gasteiger charge is 2.38. The number of benzene rings is 1. The first-order valence-electron chi connectivity index (χ1n) is 6.30. The maximum Gasteiger partial charge on any atom is 0.350 e. The Hall–Kier alpha value is -2.30. The molecule has 20 heavy (non-hydrogen) atoms. The van der Waals surface area contributed by atoms with Crippen molar-refractivity contribution in [2.24, 2.45) is 0 Å². The molecule has 1 N–H and O–H groups in total. The Morgan fingerprint density at radius 2 is 1.55 bits per heavy atom. The largest absolute Gasteiger partial charge is 0.419 e. The molecule has 0 spiro atoms. The van der Waals surface area contributed by atoms with Gasteiger partial charge in [-0.15, -0.1) is 0 Å². The van der Waals surface area contributed by atoms with E-state index in [1.54, 1.807) is 0 Å². The van der Waals surface area contributed by atoms with Crippen LogP contribution in [0.4, 0.5) is 5.69 Å². The molecule has 0 radical (unpaired) electrons. The van der Waals surface area contributed by atoms with Gasteiger partial charge in [0.15, 0.2) is 5.57 Å². The van der Waals surface area contributed by atoms with Gasteiger partial charge in [0.25, 0.3) is 5.79 Å². The molecule has 1 aromatic carbocycles. The van der Waals surface area contributed by atoms with E-state index in [-0.39, 0.29) is 5.57 Å². The number of nitrogens with one attached hydrogen (secondary N) is 1. The molecule has 0 atom stereocenters. The number of ether oxygens (including phenoxy) is 2. The summed E-state index contributed by atoms with van der Waals surface area (Å²) in [6, 6.07) is 5.82. The quantitative estimate of drug-likeness (QED) is 0.510. The van der Waals surface area contributed by atoms with Crippen molar-refractivity contribution in [2.45, 2.75) is 33.5 Å². The Bertz CT molecular complexity index is 560. The second kappa shape index (κ2) is 5.00. The molecule has 0 bridgehead atoms. The molecule has 1 aliphatic heterocycles. The average molecular weight is 275 g/mol. The lowest BCUT2D eigenvalue weighted by molar-refractivity contribution is -0.222. The number of aryl methyl sites for hydroxylation is 2. The Morgan fingerprint density at radius 1 is 1.05 bits per heavy atom. The van der Waals surface area contributed by atoms with Gasteiger partial charge in [0, 0.05) is 25.7 Å². The van der Waals surface area contributed by atoms with Crippen LogP contribution in [-0.2, 0) is 19.1 Å². The number of carbonyl (C=O) groups excluding carboxylic acids is 2. The van der Waals surface area contributed by atoms with Crippen LogP contribution in [0, 0.1) is 13.8 Å². The van der Waals surface area contributed by atoms with Crippen LogP contribution < -0.4 is 5.32 Å². The highest BCUT2D eigenvalue weighted by molar-refractivity contribution is 6.15. The molecule has 2 rings (SSSR count). The van der Waals surface area contributed by atoms with Crippen LogP contribution in [0.3, 0.4) is 0 Å². The molecule has 0 aliphatic carbocycles. The maximum absolute atomic E-state index is 11.8. The molecule has 1 saturated heterocycles. The molecule has 1 heterocycles. The van der Waals surface area contributed by atoms with Crippen LogP contribution in [0.2, 0.25) is 0 Å². The lowest BCUT2D eigenvalue weighted by Gasteiger charge is -2.29. The molecular weight excluding hydrogens is 258 g/mol. The van der Waals surface area contributed by atoms with Crippen molar-refractivity contribution >= 4 is 17.6 Å². The van der Waals surface area contributed by atoms with E-state index in [1.165, 1.54) is 20.0 Å². The second-order valence-corrected chi connectivity index (χ2v) is 5.15. The molecular formula is C15H17NO4. The summed E-state index contributed by atoms with van der Waals surface area (Å²) in [7, 11) is 0. The fraction of sp³-hybridized carbons (Fsp3) is 0.333. The SMILES string of the molecule is Cc1cccc(C)c1NC=C1C(=O)OC(C)(C)OC1=O. The summed E-state index contributed by atoms with van der Waals surface area (Å²) in [5, 5.41) is 2.98. The van der Waals surface area contributed by atoms with Gasteiger partial charge in [-0.25, -0.2) is 9.59 Å². The zero-order chi connectivity index (χ0) is 14.9. The molecule has 0 aromatic heterocycles. The van der Waals surface area contributed by atoms with Gasteiger partial charge in [-0.2, -0.15) is 0 Å². The second-order valence-electron chi connectivity index (χ2n) is 5.15. The van der Waals surface area contributed by atoms with Gasteiger partial charge in [-0.1, -0.05) is 18.2 Å². The number of hydrogen-bond donors (Lipinski definition) is 1. The molecule has 5 heteroatoms. The van der Waals surface area contributed by atoms with E-state index >= 15 is 0 Å². The van der Waals surface area contributed by atoms with Crippen LogP contribution >= 0.6 is 0 Å². The smallest absolute Gasteiger partial charge is 0.350 e. The molecule has 106 valence electrons. The fourth-order valence-corrected chi connectivity index (χ4v) is 1.96. The van der Waals surface area contributed by atoms with Crippen molar-refractivity contribution in [1.82, 2.24) is 0 Å². The third kappa shape index (κ3) is 2.82. The minimum absolute atomic E-state index is 0.146. The van der Waals surface area contributed by atoms with Crippen LogP contribution in [-0.4, -0.2) is 17.7 Å². The fourth-order valence-electron chi connectivity index (χ4n) is 1.96. The van der Waals surface area contributed by atoms with Gasteiger partial charge >= 0.3 is 11.9 Å². The molecule has 0 amide bonds. The molecule has 1 aliphatic rings. The molecule has 5 nitrogen and oxygen atoms in total. The number of para-hydroxylation sites is 1. The van der Waals surface area contributed by atoms with E-state index in [9.17, 15) is 9.59 Å². The lowest BCUT2D eigenvalue weighted by Crippen LogP contribution is -2.42. The van der Waals surface area contributed by atoms with Gasteiger partial charge in [0.05, 0.1) is 0 Å². The van der Waals surface area contributed by atoms with Crippen LogP contribution in [0.1, 0.15) is 25.0 Å². The predicted molar refractivity (Wildman–Crippen MR) is 73.9 cm³/mol. The van der Waals surface area contributed by atoms with E-state index in [0.717, 1.165) is 16.8 Å². The summed E-state index contributed by atoms with van der Waals surface area (Å²) in [5.74, 6) is -2.60. The highest BCUT2D eigenvalue weighted by Crippen LogP contribution is 2.24. The van der Waals surface area contributed by atoms with Gasteiger partial charge in [0.1, 0.15) is 0 Å². The summed E-state index contributed by atoms with van der Waals surface area (Å²) in [6.45, 7) is 6.90. The van der Waals surface area contributed by atoms with E-state index in [2.05, 4.69) is 5.32 Å². The number of rotatable bonds is 2. The van der Waals surface area contributed by atoms with Crippen LogP contribution in [0.5, 0.6) is 0 Å². The van der Waals surface area contributed by atoms with Crippen molar-refractivity contribution < 1.29 is 19.1 Å². The standard InChI is InChI=1S/C15H17NO4/c1-9-6-5-7-10(2)12(9)16-8-11-13(17)19-15(3,4)20-14(11)18/h5-8,16H,1-4H3. The highest BCUT2D eigenvalue weighted by atomic mass is 16.7. The number of cyclic esters (lactones) is 2. The summed E-state index contributed by atoms with van der Waals surface area (Å²) in [6.07, 6.45) is 1.33.